The van der Waals surface area contributed by atoms with Gasteiger partial charge in [-0.2, -0.15) is 0 Å². The smallest absolute Gasteiger partial charge is 0.308 e. The van der Waals surface area contributed by atoms with Gasteiger partial charge in [-0.15, -0.1) is 0 Å². The van der Waals surface area contributed by atoms with Crippen LogP contribution in [-0.2, 0) is 9.53 Å². The first kappa shape index (κ1) is 26.4. The van der Waals surface area contributed by atoms with Gasteiger partial charge in [0.1, 0.15) is 0 Å². The lowest BCUT2D eigenvalue weighted by molar-refractivity contribution is -0.142. The molecule has 2 N–H and O–H groups in total. The van der Waals surface area contributed by atoms with Crippen LogP contribution in [0.4, 0.5) is 0 Å². The molecule has 0 aromatic rings. The van der Waals surface area contributed by atoms with E-state index in [0.717, 1.165) is 32.1 Å². The van der Waals surface area contributed by atoms with Gasteiger partial charge in [0.15, 0.2) is 0 Å². The van der Waals surface area contributed by atoms with Crippen LogP contribution in [0.1, 0.15) is 122 Å². The number of methoxy groups -OCH3 is 1. The minimum atomic E-state index is -0.620. The molecule has 0 aromatic heterocycles. The number of aliphatic hydroxyl groups is 2. The van der Waals surface area contributed by atoms with Gasteiger partial charge in [0.2, 0.25) is 0 Å². The van der Waals surface area contributed by atoms with Crippen LogP contribution >= 0.6 is 0 Å². The lowest BCUT2D eigenvalue weighted by Gasteiger charge is -2.12. The Bertz CT molecular complexity index is 320. The lowest BCUT2D eigenvalue weighted by atomic mass is 10.0. The molecule has 4 heteroatoms. The van der Waals surface area contributed by atoms with Gasteiger partial charge in [-0.05, 0) is 19.3 Å². The number of hydrogen-bond acceptors (Lipinski definition) is 4. The van der Waals surface area contributed by atoms with Crippen molar-refractivity contribution in [3.8, 4) is 0 Å². The fourth-order valence-corrected chi connectivity index (χ4v) is 3.50. The second kappa shape index (κ2) is 20.1. The van der Waals surface area contributed by atoms with Gasteiger partial charge in [-0.3, -0.25) is 4.79 Å². The maximum atomic E-state index is 11.0. The second-order valence-electron chi connectivity index (χ2n) is 8.05. The highest BCUT2D eigenvalue weighted by Gasteiger charge is 2.11. The topological polar surface area (TPSA) is 66.8 Å². The Kier molecular flexibility index (Phi) is 19.7. The van der Waals surface area contributed by atoms with Crippen molar-refractivity contribution in [1.29, 1.82) is 0 Å². The monoisotopic (exact) mass is 386 g/mol. The van der Waals surface area contributed by atoms with Crippen molar-refractivity contribution in [3.05, 3.63) is 0 Å². The third-order valence-corrected chi connectivity index (χ3v) is 5.35. The third kappa shape index (κ3) is 19.9. The molecule has 4 nitrogen and oxygen atoms in total. The van der Waals surface area contributed by atoms with Gasteiger partial charge in [0.25, 0.3) is 0 Å². The lowest BCUT2D eigenvalue weighted by Crippen LogP contribution is -2.14. The molecule has 0 bridgehead atoms. The van der Waals surface area contributed by atoms with Gasteiger partial charge in [-0.1, -0.05) is 96.8 Å². The largest absolute Gasteiger partial charge is 0.469 e. The van der Waals surface area contributed by atoms with Gasteiger partial charge < -0.3 is 14.9 Å². The van der Waals surface area contributed by atoms with Crippen molar-refractivity contribution in [2.24, 2.45) is 0 Å². The van der Waals surface area contributed by atoms with Crippen LogP contribution in [0.3, 0.4) is 0 Å². The summed E-state index contributed by atoms with van der Waals surface area (Å²) in [6, 6.07) is 0. The van der Waals surface area contributed by atoms with Gasteiger partial charge in [0.05, 0.1) is 25.7 Å². The Hall–Kier alpha value is -0.610. The van der Waals surface area contributed by atoms with E-state index in [0.29, 0.717) is 6.42 Å². The van der Waals surface area contributed by atoms with Crippen LogP contribution < -0.4 is 0 Å². The average molecular weight is 387 g/mol. The molecule has 0 saturated carbocycles. The van der Waals surface area contributed by atoms with E-state index in [9.17, 15) is 15.0 Å². The Morgan fingerprint density at radius 3 is 1.48 bits per heavy atom. The molecule has 0 spiro atoms. The van der Waals surface area contributed by atoms with Crippen molar-refractivity contribution in [2.75, 3.05) is 7.11 Å². The van der Waals surface area contributed by atoms with Gasteiger partial charge in [-0.25, -0.2) is 0 Å². The zero-order valence-corrected chi connectivity index (χ0v) is 18.1. The van der Waals surface area contributed by atoms with Crippen LogP contribution in [-0.4, -0.2) is 35.5 Å². The molecule has 0 aliphatic rings. The first-order valence-electron chi connectivity index (χ1n) is 11.5. The summed E-state index contributed by atoms with van der Waals surface area (Å²) in [6.07, 6.45) is 19.3. The zero-order chi connectivity index (χ0) is 20.2. The number of carbonyl (C=O) groups excluding carboxylic acids is 1. The Balaban J connectivity index is 3.28. The predicted octanol–water partition coefficient (Wildman–Crippen LogP) is 5.92. The quantitative estimate of drug-likeness (QED) is 0.201. The predicted molar refractivity (Wildman–Crippen MR) is 113 cm³/mol. The fourth-order valence-electron chi connectivity index (χ4n) is 3.50. The molecular formula is C23H46O4. The molecule has 0 saturated heterocycles. The fraction of sp³-hybridized carbons (Fsp3) is 0.957. The highest BCUT2D eigenvalue weighted by atomic mass is 16.5. The van der Waals surface area contributed by atoms with Crippen LogP contribution in [0.25, 0.3) is 0 Å². The Morgan fingerprint density at radius 2 is 1.04 bits per heavy atom. The van der Waals surface area contributed by atoms with Crippen LogP contribution in [0, 0.1) is 0 Å². The van der Waals surface area contributed by atoms with Gasteiger partial charge >= 0.3 is 5.97 Å². The summed E-state index contributed by atoms with van der Waals surface area (Å²) in [7, 11) is 1.33. The molecule has 162 valence electrons. The van der Waals surface area contributed by atoms with E-state index < -0.39 is 6.10 Å². The van der Waals surface area contributed by atoms with Crippen molar-refractivity contribution in [1.82, 2.24) is 0 Å². The zero-order valence-electron chi connectivity index (χ0n) is 18.1. The first-order chi connectivity index (χ1) is 13.1. The summed E-state index contributed by atoms with van der Waals surface area (Å²) >= 11 is 0. The standard InChI is InChI=1S/C23H46O4/c1-3-4-5-6-7-8-9-10-11-12-13-14-17-21(24)18-15-16-19-22(25)20-23(26)27-2/h21-22,24-25H,3-20H2,1-2H3. The van der Waals surface area contributed by atoms with Crippen LogP contribution in [0.15, 0.2) is 0 Å². The Morgan fingerprint density at radius 1 is 0.667 bits per heavy atom. The molecule has 0 aromatic carbocycles. The van der Waals surface area contributed by atoms with E-state index in [1.165, 1.54) is 77.7 Å². The van der Waals surface area contributed by atoms with E-state index in [4.69, 9.17) is 0 Å². The summed E-state index contributed by atoms with van der Waals surface area (Å²) in [6.45, 7) is 2.26. The molecule has 0 fully saturated rings. The third-order valence-electron chi connectivity index (χ3n) is 5.35. The summed E-state index contributed by atoms with van der Waals surface area (Å²) in [5.74, 6) is -0.366. The molecule has 0 rings (SSSR count). The first-order valence-corrected chi connectivity index (χ1v) is 11.5. The maximum absolute atomic E-state index is 11.0. The summed E-state index contributed by atoms with van der Waals surface area (Å²) < 4.78 is 4.54. The van der Waals surface area contributed by atoms with E-state index in [-0.39, 0.29) is 18.5 Å². The molecule has 27 heavy (non-hydrogen) atoms. The SMILES string of the molecule is CCCCCCCCCCCCCCC(O)CCCCC(O)CC(=O)OC. The van der Waals surface area contributed by atoms with Crippen molar-refractivity contribution in [2.45, 2.75) is 135 Å². The van der Waals surface area contributed by atoms with E-state index >= 15 is 0 Å². The van der Waals surface area contributed by atoms with E-state index in [2.05, 4.69) is 11.7 Å². The number of unbranched alkanes of at least 4 members (excludes halogenated alkanes) is 12. The molecule has 0 heterocycles. The minimum Gasteiger partial charge on any atom is -0.469 e. The highest BCUT2D eigenvalue weighted by molar-refractivity contribution is 5.69. The molecule has 2 unspecified atom stereocenters. The summed E-state index contributed by atoms with van der Waals surface area (Å²) in [5.41, 5.74) is 0. The average Bonchev–Trinajstić information content (AvgIpc) is 2.66. The number of aliphatic hydroxyl groups excluding tert-OH is 2. The number of hydrogen-bond donors (Lipinski definition) is 2. The molecule has 0 radical (unpaired) electrons. The normalized spacial score (nSPS) is 13.5. The van der Waals surface area contributed by atoms with E-state index in [1.807, 2.05) is 0 Å². The van der Waals surface area contributed by atoms with Crippen LogP contribution in [0.2, 0.25) is 0 Å². The van der Waals surface area contributed by atoms with Crippen molar-refractivity contribution in [3.63, 3.8) is 0 Å². The second-order valence-corrected chi connectivity index (χ2v) is 8.05. The molecule has 2 atom stereocenters. The molecular weight excluding hydrogens is 340 g/mol. The minimum absolute atomic E-state index is 0.0674. The summed E-state index contributed by atoms with van der Waals surface area (Å²) in [5, 5.41) is 19.7. The van der Waals surface area contributed by atoms with Gasteiger partial charge in [0, 0.05) is 0 Å². The van der Waals surface area contributed by atoms with E-state index in [1.54, 1.807) is 0 Å². The molecule has 0 amide bonds. The van der Waals surface area contributed by atoms with Crippen molar-refractivity contribution >= 4 is 5.97 Å². The maximum Gasteiger partial charge on any atom is 0.308 e. The molecule has 0 aliphatic heterocycles. The number of rotatable bonds is 20. The summed E-state index contributed by atoms with van der Waals surface area (Å²) in [4.78, 5) is 11.0. The van der Waals surface area contributed by atoms with Crippen molar-refractivity contribution < 1.29 is 19.7 Å². The number of esters is 1. The number of ether oxygens (including phenoxy) is 1. The molecule has 0 aliphatic carbocycles. The number of carbonyl (C=O) groups is 1. The van der Waals surface area contributed by atoms with Crippen LogP contribution in [0.5, 0.6) is 0 Å². The highest BCUT2D eigenvalue weighted by Crippen LogP contribution is 2.15. The Labute approximate surface area is 168 Å².